The largest absolute Gasteiger partial charge is 0.330 e. The smallest absolute Gasteiger partial charge is 0.328 e. The van der Waals surface area contributed by atoms with Gasteiger partial charge in [-0.1, -0.05) is 23.7 Å². The van der Waals surface area contributed by atoms with Crippen molar-refractivity contribution in [2.45, 2.75) is 6.54 Å². The molecule has 0 aliphatic carbocycles. The molecule has 0 saturated carbocycles. The number of nitrogens with one attached hydrogen (secondary N) is 1. The van der Waals surface area contributed by atoms with Crippen LogP contribution in [0.2, 0.25) is 5.02 Å². The molecule has 2 aromatic heterocycles. The van der Waals surface area contributed by atoms with E-state index in [1.165, 1.54) is 10.9 Å². The lowest BCUT2D eigenvalue weighted by Crippen LogP contribution is -2.31. The predicted molar refractivity (Wildman–Crippen MR) is 76.1 cm³/mol. The summed E-state index contributed by atoms with van der Waals surface area (Å²) < 4.78 is 3.02. The van der Waals surface area contributed by atoms with Crippen LogP contribution in [0.1, 0.15) is 5.56 Å². The van der Waals surface area contributed by atoms with Crippen LogP contribution in [-0.2, 0) is 13.6 Å². The molecule has 0 aliphatic rings. The molecule has 3 aromatic rings. The molecule has 0 fully saturated rings. The van der Waals surface area contributed by atoms with Gasteiger partial charge in [-0.2, -0.15) is 0 Å². The highest BCUT2D eigenvalue weighted by Crippen LogP contribution is 2.11. The van der Waals surface area contributed by atoms with Gasteiger partial charge in [-0.3, -0.25) is 14.3 Å². The first-order valence-electron chi connectivity index (χ1n) is 5.95. The van der Waals surface area contributed by atoms with Crippen molar-refractivity contribution in [3.05, 3.63) is 62.0 Å². The van der Waals surface area contributed by atoms with Gasteiger partial charge < -0.3 is 4.57 Å². The molecular weight excluding hydrogens is 280 g/mol. The summed E-state index contributed by atoms with van der Waals surface area (Å²) in [6, 6.07) is 7.16. The number of imidazole rings is 1. The molecule has 0 amide bonds. The summed E-state index contributed by atoms with van der Waals surface area (Å²) in [4.78, 5) is 30.2. The van der Waals surface area contributed by atoms with Crippen molar-refractivity contribution in [2.24, 2.45) is 7.05 Å². The summed E-state index contributed by atoms with van der Waals surface area (Å²) >= 11 is 5.83. The molecule has 3 rings (SSSR count). The minimum atomic E-state index is -0.476. The second-order valence-electron chi connectivity index (χ2n) is 4.50. The van der Waals surface area contributed by atoms with E-state index in [4.69, 9.17) is 11.6 Å². The molecule has 2 heterocycles. The Morgan fingerprint density at radius 3 is 2.65 bits per heavy atom. The van der Waals surface area contributed by atoms with Crippen LogP contribution in [0.4, 0.5) is 0 Å². The zero-order valence-electron chi connectivity index (χ0n) is 10.6. The first kappa shape index (κ1) is 12.7. The summed E-state index contributed by atoms with van der Waals surface area (Å²) in [5, 5.41) is 0.630. The topological polar surface area (TPSA) is 72.7 Å². The molecule has 1 N–H and O–H groups in total. The summed E-state index contributed by atoms with van der Waals surface area (Å²) in [7, 11) is 1.71. The number of hydrogen-bond acceptors (Lipinski definition) is 3. The molecule has 0 bridgehead atoms. The lowest BCUT2D eigenvalue weighted by Gasteiger charge is -2.06. The van der Waals surface area contributed by atoms with Crippen LogP contribution in [0.5, 0.6) is 0 Å². The van der Waals surface area contributed by atoms with E-state index in [0.717, 1.165) is 5.56 Å². The second kappa shape index (κ2) is 4.64. The number of H-pyrrole nitrogens is 1. The van der Waals surface area contributed by atoms with Crippen LogP contribution in [0, 0.1) is 0 Å². The minimum absolute atomic E-state index is 0.320. The number of hydrogen-bond donors (Lipinski definition) is 1. The maximum absolute atomic E-state index is 12.0. The molecule has 0 radical (unpaired) electrons. The maximum atomic E-state index is 12.0. The van der Waals surface area contributed by atoms with Gasteiger partial charge in [-0.15, -0.1) is 0 Å². The van der Waals surface area contributed by atoms with E-state index >= 15 is 0 Å². The summed E-state index contributed by atoms with van der Waals surface area (Å²) in [6.07, 6.45) is 1.51. The Labute approximate surface area is 118 Å². The zero-order chi connectivity index (χ0) is 14.3. The van der Waals surface area contributed by atoms with Crippen LogP contribution in [0.25, 0.3) is 11.2 Å². The third kappa shape index (κ3) is 2.04. The highest BCUT2D eigenvalue weighted by molar-refractivity contribution is 6.30. The van der Waals surface area contributed by atoms with Crippen molar-refractivity contribution in [1.29, 1.82) is 0 Å². The van der Waals surface area contributed by atoms with E-state index < -0.39 is 11.2 Å². The number of rotatable bonds is 2. The Morgan fingerprint density at radius 1 is 1.25 bits per heavy atom. The van der Waals surface area contributed by atoms with E-state index in [1.54, 1.807) is 23.7 Å². The first-order valence-corrected chi connectivity index (χ1v) is 6.32. The van der Waals surface area contributed by atoms with Crippen molar-refractivity contribution in [1.82, 2.24) is 19.1 Å². The standard InChI is InChI=1S/C13H11ClN4O2/c1-17-7-15-11-10(17)12(19)16-13(20)18(11)6-8-2-4-9(14)5-3-8/h2-5,7H,6H2,1H3,(H,16,19,20). The van der Waals surface area contributed by atoms with Gasteiger partial charge in [0, 0.05) is 12.1 Å². The van der Waals surface area contributed by atoms with Crippen LogP contribution >= 0.6 is 11.6 Å². The van der Waals surface area contributed by atoms with Gasteiger partial charge in [0.05, 0.1) is 12.9 Å². The quantitative estimate of drug-likeness (QED) is 0.769. The normalized spacial score (nSPS) is 11.1. The number of aromatic nitrogens is 4. The highest BCUT2D eigenvalue weighted by Gasteiger charge is 2.12. The molecule has 7 heteroatoms. The monoisotopic (exact) mass is 290 g/mol. The predicted octanol–water partition coefficient (Wildman–Crippen LogP) is 1.12. The van der Waals surface area contributed by atoms with E-state index in [9.17, 15) is 9.59 Å². The number of aromatic amines is 1. The van der Waals surface area contributed by atoms with E-state index in [1.807, 2.05) is 12.1 Å². The summed E-state index contributed by atoms with van der Waals surface area (Å²) in [6.45, 7) is 0.320. The van der Waals surface area contributed by atoms with Gasteiger partial charge in [0.15, 0.2) is 11.2 Å². The fourth-order valence-electron chi connectivity index (χ4n) is 2.12. The number of fused-ring (bicyclic) bond motifs is 1. The van der Waals surface area contributed by atoms with E-state index in [2.05, 4.69) is 9.97 Å². The SMILES string of the molecule is Cn1cnc2c1c(=O)[nH]c(=O)n2Cc1ccc(Cl)cc1. The molecule has 20 heavy (non-hydrogen) atoms. The van der Waals surface area contributed by atoms with Gasteiger partial charge in [-0.05, 0) is 17.7 Å². The molecule has 1 aromatic carbocycles. The van der Waals surface area contributed by atoms with Crippen molar-refractivity contribution in [3.8, 4) is 0 Å². The van der Waals surface area contributed by atoms with Gasteiger partial charge in [0.25, 0.3) is 5.56 Å². The third-order valence-electron chi connectivity index (χ3n) is 3.11. The minimum Gasteiger partial charge on any atom is -0.328 e. The van der Waals surface area contributed by atoms with Gasteiger partial charge in [0.1, 0.15) is 0 Å². The molecule has 0 atom stereocenters. The highest BCUT2D eigenvalue weighted by atomic mass is 35.5. The van der Waals surface area contributed by atoms with Gasteiger partial charge >= 0.3 is 5.69 Å². The molecule has 102 valence electrons. The zero-order valence-corrected chi connectivity index (χ0v) is 11.4. The Kier molecular flexibility index (Phi) is 2.94. The summed E-state index contributed by atoms with van der Waals surface area (Å²) in [5.41, 5.74) is 0.735. The van der Waals surface area contributed by atoms with Crippen molar-refractivity contribution >= 4 is 22.8 Å². The number of nitrogens with zero attached hydrogens (tertiary/aromatic N) is 3. The second-order valence-corrected chi connectivity index (χ2v) is 4.94. The van der Waals surface area contributed by atoms with Crippen LogP contribution < -0.4 is 11.2 Å². The molecule has 0 saturated heterocycles. The Balaban J connectivity index is 2.19. The first-order chi connectivity index (χ1) is 9.56. The van der Waals surface area contributed by atoms with Gasteiger partial charge in [0.2, 0.25) is 0 Å². The lowest BCUT2D eigenvalue weighted by molar-refractivity contribution is 0.747. The number of aryl methyl sites for hydroxylation is 1. The van der Waals surface area contributed by atoms with Crippen LogP contribution in [0.15, 0.2) is 40.2 Å². The van der Waals surface area contributed by atoms with Crippen molar-refractivity contribution < 1.29 is 0 Å². The molecule has 6 nitrogen and oxygen atoms in total. The van der Waals surface area contributed by atoms with E-state index in [0.29, 0.717) is 22.7 Å². The van der Waals surface area contributed by atoms with Crippen molar-refractivity contribution in [3.63, 3.8) is 0 Å². The Hall–Kier alpha value is -2.34. The number of halogens is 1. The molecule has 0 unspecified atom stereocenters. The van der Waals surface area contributed by atoms with Crippen LogP contribution in [0.3, 0.4) is 0 Å². The fourth-order valence-corrected chi connectivity index (χ4v) is 2.24. The third-order valence-corrected chi connectivity index (χ3v) is 3.36. The molecular formula is C13H11ClN4O2. The Bertz CT molecular complexity index is 889. The Morgan fingerprint density at radius 2 is 1.95 bits per heavy atom. The van der Waals surface area contributed by atoms with Crippen molar-refractivity contribution in [2.75, 3.05) is 0 Å². The average Bonchev–Trinajstić information content (AvgIpc) is 2.79. The average molecular weight is 291 g/mol. The lowest BCUT2D eigenvalue weighted by atomic mass is 10.2. The summed E-state index contributed by atoms with van der Waals surface area (Å²) in [5.74, 6) is 0. The fraction of sp³-hybridized carbons (Fsp3) is 0.154. The maximum Gasteiger partial charge on any atom is 0.330 e. The molecule has 0 aliphatic heterocycles. The van der Waals surface area contributed by atoms with Gasteiger partial charge in [-0.25, -0.2) is 9.78 Å². The number of benzene rings is 1. The van der Waals surface area contributed by atoms with E-state index in [-0.39, 0.29) is 0 Å². The van der Waals surface area contributed by atoms with Crippen LogP contribution in [-0.4, -0.2) is 19.1 Å². The molecule has 0 spiro atoms.